The normalized spacial score (nSPS) is 18.5. The Hall–Kier alpha value is -1.97. The van der Waals surface area contributed by atoms with Crippen LogP contribution in [0, 0.1) is 0 Å². The molecule has 1 heterocycles. The molecule has 1 fully saturated rings. The van der Waals surface area contributed by atoms with Crippen molar-refractivity contribution >= 4 is 12.0 Å². The van der Waals surface area contributed by atoms with E-state index in [1.165, 1.54) is 6.42 Å². The molecule has 1 aliphatic rings. The third-order valence-electron chi connectivity index (χ3n) is 4.17. The lowest BCUT2D eigenvalue weighted by Crippen LogP contribution is -2.42. The van der Waals surface area contributed by atoms with E-state index in [1.807, 2.05) is 29.2 Å². The molecule has 0 bridgehead atoms. The number of hydrogen-bond donors (Lipinski definition) is 0. The average molecular weight is 303 g/mol. The highest BCUT2D eigenvalue weighted by Gasteiger charge is 2.23. The van der Waals surface area contributed by atoms with Crippen LogP contribution >= 0.6 is 0 Å². The van der Waals surface area contributed by atoms with Gasteiger partial charge in [0.15, 0.2) is 0 Å². The van der Waals surface area contributed by atoms with Crippen molar-refractivity contribution in [1.29, 1.82) is 0 Å². The van der Waals surface area contributed by atoms with E-state index in [1.54, 1.807) is 20.3 Å². The smallest absolute Gasteiger partial charge is 0.246 e. The van der Waals surface area contributed by atoms with E-state index < -0.39 is 0 Å². The maximum Gasteiger partial charge on any atom is 0.246 e. The molecule has 1 unspecified atom stereocenters. The lowest BCUT2D eigenvalue weighted by Gasteiger charge is -2.34. The second kappa shape index (κ2) is 7.87. The van der Waals surface area contributed by atoms with E-state index >= 15 is 0 Å². The minimum absolute atomic E-state index is 0.0911. The predicted molar refractivity (Wildman–Crippen MR) is 88.2 cm³/mol. The molecule has 1 aromatic rings. The van der Waals surface area contributed by atoms with Crippen molar-refractivity contribution in [3.05, 3.63) is 29.8 Å². The van der Waals surface area contributed by atoms with Crippen LogP contribution in [-0.4, -0.2) is 37.6 Å². The summed E-state index contributed by atoms with van der Waals surface area (Å²) in [6.07, 6.45) is 7.94. The monoisotopic (exact) mass is 303 g/mol. The summed E-state index contributed by atoms with van der Waals surface area (Å²) < 4.78 is 10.5. The van der Waals surface area contributed by atoms with Crippen molar-refractivity contribution in [2.24, 2.45) is 0 Å². The first-order valence-electron chi connectivity index (χ1n) is 7.89. The fourth-order valence-corrected chi connectivity index (χ4v) is 2.90. The highest BCUT2D eigenvalue weighted by atomic mass is 16.5. The van der Waals surface area contributed by atoms with Gasteiger partial charge in [0.2, 0.25) is 5.91 Å². The highest BCUT2D eigenvalue weighted by molar-refractivity contribution is 5.92. The topological polar surface area (TPSA) is 38.8 Å². The summed E-state index contributed by atoms with van der Waals surface area (Å²) in [5.41, 5.74) is 0.898. The number of ether oxygens (including phenoxy) is 2. The van der Waals surface area contributed by atoms with Crippen LogP contribution < -0.4 is 9.47 Å². The van der Waals surface area contributed by atoms with Crippen LogP contribution in [0.1, 0.15) is 38.2 Å². The van der Waals surface area contributed by atoms with Crippen LogP contribution in [0.15, 0.2) is 24.3 Å². The molecule has 0 aliphatic carbocycles. The van der Waals surface area contributed by atoms with Crippen molar-refractivity contribution in [1.82, 2.24) is 4.90 Å². The molecule has 1 aliphatic heterocycles. The SMILES string of the molecule is CCC1CCCCN1C(=O)/C=C/c1cc(OC)cc(OC)c1. The molecule has 1 saturated heterocycles. The first-order chi connectivity index (χ1) is 10.7. The first kappa shape index (κ1) is 16.4. The standard InChI is InChI=1S/C18H25NO3/c1-4-15-7-5-6-10-19(15)18(20)9-8-14-11-16(21-2)13-17(12-14)22-3/h8-9,11-13,15H,4-7,10H2,1-3H3/b9-8+. The van der Waals surface area contributed by atoms with Crippen molar-refractivity contribution < 1.29 is 14.3 Å². The summed E-state index contributed by atoms with van der Waals surface area (Å²) in [6, 6.07) is 5.97. The third kappa shape index (κ3) is 4.03. The summed E-state index contributed by atoms with van der Waals surface area (Å²) in [5, 5.41) is 0. The minimum Gasteiger partial charge on any atom is -0.497 e. The van der Waals surface area contributed by atoms with Gasteiger partial charge in [-0.2, -0.15) is 0 Å². The van der Waals surface area contributed by atoms with Crippen LogP contribution in [0.4, 0.5) is 0 Å². The number of piperidine rings is 1. The summed E-state index contributed by atoms with van der Waals surface area (Å²) >= 11 is 0. The second-order valence-corrected chi connectivity index (χ2v) is 5.57. The first-order valence-corrected chi connectivity index (χ1v) is 7.89. The molecule has 0 saturated carbocycles. The van der Waals surface area contributed by atoms with E-state index in [0.29, 0.717) is 6.04 Å². The van der Waals surface area contributed by atoms with E-state index in [2.05, 4.69) is 6.92 Å². The molecule has 0 N–H and O–H groups in total. The van der Waals surface area contributed by atoms with Gasteiger partial charge in [-0.3, -0.25) is 4.79 Å². The number of carbonyl (C=O) groups is 1. The van der Waals surface area contributed by atoms with E-state index in [0.717, 1.165) is 42.9 Å². The number of carbonyl (C=O) groups excluding carboxylic acids is 1. The molecule has 0 spiro atoms. The van der Waals surface area contributed by atoms with Crippen molar-refractivity contribution in [2.45, 2.75) is 38.6 Å². The maximum atomic E-state index is 12.4. The zero-order valence-electron chi connectivity index (χ0n) is 13.7. The molecule has 4 heteroatoms. The van der Waals surface area contributed by atoms with Gasteiger partial charge in [0.25, 0.3) is 0 Å². The highest BCUT2D eigenvalue weighted by Crippen LogP contribution is 2.24. The molecule has 1 atom stereocenters. The fraction of sp³-hybridized carbons (Fsp3) is 0.500. The van der Waals surface area contributed by atoms with Gasteiger partial charge in [-0.25, -0.2) is 0 Å². The molecule has 2 rings (SSSR count). The Labute approximate surface area is 132 Å². The summed E-state index contributed by atoms with van der Waals surface area (Å²) in [5.74, 6) is 1.53. The zero-order valence-corrected chi connectivity index (χ0v) is 13.7. The van der Waals surface area contributed by atoms with Gasteiger partial charge in [-0.1, -0.05) is 6.92 Å². The lowest BCUT2D eigenvalue weighted by molar-refractivity contribution is -0.129. The minimum atomic E-state index is 0.0911. The maximum absolute atomic E-state index is 12.4. The van der Waals surface area contributed by atoms with Gasteiger partial charge < -0.3 is 14.4 Å². The molecule has 1 aromatic carbocycles. The van der Waals surface area contributed by atoms with Crippen LogP contribution in [0.2, 0.25) is 0 Å². The van der Waals surface area contributed by atoms with Gasteiger partial charge >= 0.3 is 0 Å². The van der Waals surface area contributed by atoms with Gasteiger partial charge in [-0.05, 0) is 49.5 Å². The summed E-state index contributed by atoms with van der Waals surface area (Å²) in [7, 11) is 3.24. The van der Waals surface area contributed by atoms with Crippen molar-refractivity contribution in [3.8, 4) is 11.5 Å². The Kier molecular flexibility index (Phi) is 5.87. The predicted octanol–water partition coefficient (Wildman–Crippen LogP) is 3.51. The molecular weight excluding hydrogens is 278 g/mol. The average Bonchev–Trinajstić information content (AvgIpc) is 2.59. The molecule has 4 nitrogen and oxygen atoms in total. The van der Waals surface area contributed by atoms with Gasteiger partial charge in [0.05, 0.1) is 14.2 Å². The van der Waals surface area contributed by atoms with Gasteiger partial charge in [0, 0.05) is 24.7 Å². The molecule has 22 heavy (non-hydrogen) atoms. The Morgan fingerprint density at radius 1 is 1.23 bits per heavy atom. The zero-order chi connectivity index (χ0) is 15.9. The van der Waals surface area contributed by atoms with Crippen LogP contribution in [-0.2, 0) is 4.79 Å². The Morgan fingerprint density at radius 3 is 2.50 bits per heavy atom. The molecule has 120 valence electrons. The Bertz CT molecular complexity index is 517. The number of amides is 1. The lowest BCUT2D eigenvalue weighted by atomic mass is 10.00. The fourth-order valence-electron chi connectivity index (χ4n) is 2.90. The number of benzene rings is 1. The Balaban J connectivity index is 2.11. The number of methoxy groups -OCH3 is 2. The number of rotatable bonds is 5. The molecular formula is C18H25NO3. The summed E-state index contributed by atoms with van der Waals surface area (Å²) in [6.45, 7) is 3.01. The van der Waals surface area contributed by atoms with E-state index in [4.69, 9.17) is 9.47 Å². The second-order valence-electron chi connectivity index (χ2n) is 5.57. The van der Waals surface area contributed by atoms with Gasteiger partial charge in [0.1, 0.15) is 11.5 Å². The number of likely N-dealkylation sites (tertiary alicyclic amines) is 1. The van der Waals surface area contributed by atoms with Crippen LogP contribution in [0.5, 0.6) is 11.5 Å². The molecule has 0 radical (unpaired) electrons. The third-order valence-corrected chi connectivity index (χ3v) is 4.17. The van der Waals surface area contributed by atoms with Crippen LogP contribution in [0.25, 0.3) is 6.08 Å². The molecule has 1 amide bonds. The largest absolute Gasteiger partial charge is 0.497 e. The quantitative estimate of drug-likeness (QED) is 0.781. The van der Waals surface area contributed by atoms with Gasteiger partial charge in [-0.15, -0.1) is 0 Å². The van der Waals surface area contributed by atoms with Crippen molar-refractivity contribution in [3.63, 3.8) is 0 Å². The summed E-state index contributed by atoms with van der Waals surface area (Å²) in [4.78, 5) is 14.4. The van der Waals surface area contributed by atoms with Crippen LogP contribution in [0.3, 0.4) is 0 Å². The van der Waals surface area contributed by atoms with Crippen molar-refractivity contribution in [2.75, 3.05) is 20.8 Å². The number of nitrogens with zero attached hydrogens (tertiary/aromatic N) is 1. The van der Waals surface area contributed by atoms with E-state index in [9.17, 15) is 4.79 Å². The molecule has 0 aromatic heterocycles. The van der Waals surface area contributed by atoms with E-state index in [-0.39, 0.29) is 5.91 Å². The number of hydrogen-bond acceptors (Lipinski definition) is 3. The Morgan fingerprint density at radius 2 is 1.91 bits per heavy atom.